The van der Waals surface area contributed by atoms with Gasteiger partial charge in [-0.3, -0.25) is 4.79 Å². The number of aryl methyl sites for hydroxylation is 2. The zero-order valence-corrected chi connectivity index (χ0v) is 17.7. The fourth-order valence-corrected chi connectivity index (χ4v) is 3.57. The molecule has 1 aromatic carbocycles. The number of ether oxygens (including phenoxy) is 1. The first-order valence-corrected chi connectivity index (χ1v) is 9.56. The third-order valence-electron chi connectivity index (χ3n) is 4.21. The Bertz CT molecular complexity index is 1080. The second-order valence-corrected chi connectivity index (χ2v) is 7.17. The van der Waals surface area contributed by atoms with Gasteiger partial charge in [-0.25, -0.2) is 4.68 Å². The van der Waals surface area contributed by atoms with E-state index in [1.165, 1.54) is 12.3 Å². The highest BCUT2D eigenvalue weighted by molar-refractivity contribution is 6.36. The fraction of sp³-hybridized carbons (Fsp3) is 0.278. The highest BCUT2D eigenvalue weighted by atomic mass is 35.5. The molecule has 3 aromatic rings. The Hall–Kier alpha value is -2.22. The van der Waals surface area contributed by atoms with Crippen molar-refractivity contribution in [3.63, 3.8) is 0 Å². The van der Waals surface area contributed by atoms with Crippen LogP contribution in [-0.2, 0) is 20.0 Å². The van der Waals surface area contributed by atoms with Crippen LogP contribution in [0, 0.1) is 0 Å². The summed E-state index contributed by atoms with van der Waals surface area (Å²) in [5.74, 6) is 0.648. The molecule has 2 aromatic heterocycles. The molecule has 0 radical (unpaired) electrons. The molecule has 0 aliphatic heterocycles. The molecule has 0 saturated carbocycles. The number of halogens is 3. The van der Waals surface area contributed by atoms with Crippen molar-refractivity contribution in [2.24, 2.45) is 7.05 Å². The minimum Gasteiger partial charge on any atom is -0.481 e. The van der Waals surface area contributed by atoms with Gasteiger partial charge in [-0.2, -0.15) is 14.9 Å². The zero-order chi connectivity index (χ0) is 20.4. The number of hydrogen-bond donors (Lipinski definition) is 1. The molecule has 0 amide bonds. The van der Waals surface area contributed by atoms with Gasteiger partial charge in [-0.15, -0.1) is 0 Å². The van der Waals surface area contributed by atoms with E-state index in [2.05, 4.69) is 15.5 Å². The summed E-state index contributed by atoms with van der Waals surface area (Å²) in [6.45, 7) is 2.39. The molecule has 3 rings (SSSR count). The molecular formula is C18H18Cl3N5O2. The number of benzene rings is 1. The van der Waals surface area contributed by atoms with E-state index in [1.807, 2.05) is 14.0 Å². The predicted molar refractivity (Wildman–Crippen MR) is 111 cm³/mol. The number of methoxy groups -OCH3 is 1. The molecule has 0 fully saturated rings. The van der Waals surface area contributed by atoms with Gasteiger partial charge in [0.1, 0.15) is 5.02 Å². The number of anilines is 1. The fourth-order valence-electron chi connectivity index (χ4n) is 2.89. The molecule has 0 bridgehead atoms. The van der Waals surface area contributed by atoms with Gasteiger partial charge in [-0.1, -0.05) is 41.7 Å². The molecule has 1 N–H and O–H groups in total. The Morgan fingerprint density at radius 2 is 2.00 bits per heavy atom. The smallest absolute Gasteiger partial charge is 0.292 e. The molecule has 0 saturated heterocycles. The van der Waals surface area contributed by atoms with Gasteiger partial charge >= 0.3 is 0 Å². The number of nitrogens with zero attached hydrogens (tertiary/aromatic N) is 4. The van der Waals surface area contributed by atoms with Crippen molar-refractivity contribution in [1.29, 1.82) is 0 Å². The summed E-state index contributed by atoms with van der Waals surface area (Å²) in [5.41, 5.74) is 2.10. The first-order valence-electron chi connectivity index (χ1n) is 8.43. The summed E-state index contributed by atoms with van der Waals surface area (Å²) in [4.78, 5) is 12.7. The Morgan fingerprint density at radius 3 is 2.64 bits per heavy atom. The van der Waals surface area contributed by atoms with Crippen molar-refractivity contribution in [2.45, 2.75) is 19.9 Å². The molecule has 0 unspecified atom stereocenters. The van der Waals surface area contributed by atoms with E-state index in [0.29, 0.717) is 33.8 Å². The van der Waals surface area contributed by atoms with Crippen LogP contribution < -0.4 is 15.6 Å². The van der Waals surface area contributed by atoms with E-state index in [0.717, 1.165) is 22.4 Å². The minimum atomic E-state index is -0.496. The maximum absolute atomic E-state index is 12.7. The average molecular weight is 443 g/mol. The van der Waals surface area contributed by atoms with E-state index >= 15 is 0 Å². The molecule has 148 valence electrons. The molecule has 0 spiro atoms. The maximum Gasteiger partial charge on any atom is 0.292 e. The van der Waals surface area contributed by atoms with Crippen LogP contribution in [0.5, 0.6) is 5.88 Å². The number of aromatic nitrogens is 4. The summed E-state index contributed by atoms with van der Waals surface area (Å²) in [7, 11) is 3.40. The van der Waals surface area contributed by atoms with E-state index in [9.17, 15) is 4.79 Å². The monoisotopic (exact) mass is 441 g/mol. The van der Waals surface area contributed by atoms with Crippen molar-refractivity contribution < 1.29 is 4.74 Å². The molecule has 2 heterocycles. The number of rotatable bonds is 6. The van der Waals surface area contributed by atoms with Crippen LogP contribution in [0.3, 0.4) is 0 Å². The lowest BCUT2D eigenvalue weighted by atomic mass is 10.2. The predicted octanol–water partition coefficient (Wildman–Crippen LogP) is 4.11. The van der Waals surface area contributed by atoms with Gasteiger partial charge in [0.2, 0.25) is 5.88 Å². The van der Waals surface area contributed by atoms with Crippen molar-refractivity contribution in [3.05, 3.63) is 61.1 Å². The van der Waals surface area contributed by atoms with Crippen LogP contribution in [0.2, 0.25) is 15.1 Å². The van der Waals surface area contributed by atoms with Crippen LogP contribution in [-0.4, -0.2) is 26.7 Å². The van der Waals surface area contributed by atoms with Crippen LogP contribution >= 0.6 is 34.8 Å². The Kier molecular flexibility index (Phi) is 6.17. The standard InChI is InChI=1S/C18H18Cl3N5O2/c1-4-13-11(18(28-3)25(2)24-13)8-22-14-9-23-26(17(27)16(14)21)15-6-5-10(19)7-12(15)20/h5-7,9,22H,4,8H2,1-3H3. The van der Waals surface area contributed by atoms with Crippen LogP contribution in [0.25, 0.3) is 5.69 Å². The number of nitrogens with one attached hydrogen (secondary N) is 1. The minimum absolute atomic E-state index is 0.00178. The molecule has 0 atom stereocenters. The first-order chi connectivity index (χ1) is 13.4. The van der Waals surface area contributed by atoms with E-state index in [4.69, 9.17) is 39.5 Å². The van der Waals surface area contributed by atoms with Crippen LogP contribution in [0.1, 0.15) is 18.2 Å². The molecule has 0 aliphatic carbocycles. The van der Waals surface area contributed by atoms with E-state index < -0.39 is 5.56 Å². The Labute approximate surface area is 176 Å². The van der Waals surface area contributed by atoms with E-state index in [-0.39, 0.29) is 5.02 Å². The molecule has 28 heavy (non-hydrogen) atoms. The van der Waals surface area contributed by atoms with Gasteiger partial charge in [0, 0.05) is 18.6 Å². The molecule has 10 heteroatoms. The summed E-state index contributed by atoms with van der Waals surface area (Å²) in [6, 6.07) is 4.77. The summed E-state index contributed by atoms with van der Waals surface area (Å²) in [5, 5.41) is 12.5. The average Bonchev–Trinajstić information content (AvgIpc) is 2.98. The number of hydrogen-bond acceptors (Lipinski definition) is 5. The second-order valence-electron chi connectivity index (χ2n) is 5.95. The van der Waals surface area contributed by atoms with Crippen molar-refractivity contribution in [3.8, 4) is 11.6 Å². The summed E-state index contributed by atoms with van der Waals surface area (Å²) >= 11 is 18.4. The van der Waals surface area contributed by atoms with Crippen LogP contribution in [0.4, 0.5) is 5.69 Å². The SMILES string of the molecule is CCc1nn(C)c(OC)c1CNc1cnn(-c2ccc(Cl)cc2Cl)c(=O)c1Cl. The topological polar surface area (TPSA) is 74.0 Å². The maximum atomic E-state index is 12.7. The third-order valence-corrected chi connectivity index (χ3v) is 5.11. The third kappa shape index (κ3) is 3.83. The van der Waals surface area contributed by atoms with Gasteiger partial charge < -0.3 is 10.1 Å². The van der Waals surface area contributed by atoms with Crippen molar-refractivity contribution >= 4 is 40.5 Å². The lowest BCUT2D eigenvalue weighted by Gasteiger charge is -2.12. The molecule has 0 aliphatic rings. The van der Waals surface area contributed by atoms with Gasteiger partial charge in [0.15, 0.2) is 0 Å². The van der Waals surface area contributed by atoms with Crippen molar-refractivity contribution in [1.82, 2.24) is 19.6 Å². The molecule has 7 nitrogen and oxygen atoms in total. The van der Waals surface area contributed by atoms with Gasteiger partial charge in [0.05, 0.1) is 41.0 Å². The van der Waals surface area contributed by atoms with Gasteiger partial charge in [0.25, 0.3) is 5.56 Å². The second kappa shape index (κ2) is 8.43. The first kappa shape index (κ1) is 20.5. The zero-order valence-electron chi connectivity index (χ0n) is 15.5. The van der Waals surface area contributed by atoms with E-state index in [1.54, 1.807) is 23.9 Å². The summed E-state index contributed by atoms with van der Waals surface area (Å²) in [6.07, 6.45) is 2.22. The highest BCUT2D eigenvalue weighted by Gasteiger charge is 2.17. The van der Waals surface area contributed by atoms with Crippen LogP contribution in [0.15, 0.2) is 29.2 Å². The Morgan fingerprint density at radius 1 is 1.25 bits per heavy atom. The normalized spacial score (nSPS) is 10.9. The molecular weight excluding hydrogens is 425 g/mol. The largest absolute Gasteiger partial charge is 0.481 e. The Balaban J connectivity index is 1.92. The van der Waals surface area contributed by atoms with Gasteiger partial charge in [-0.05, 0) is 24.6 Å². The quantitative estimate of drug-likeness (QED) is 0.622. The highest BCUT2D eigenvalue weighted by Crippen LogP contribution is 2.26. The van der Waals surface area contributed by atoms with Crippen molar-refractivity contribution in [2.75, 3.05) is 12.4 Å². The lowest BCUT2D eigenvalue weighted by molar-refractivity contribution is 0.370. The summed E-state index contributed by atoms with van der Waals surface area (Å²) < 4.78 is 8.23. The lowest BCUT2D eigenvalue weighted by Crippen LogP contribution is -2.23.